The van der Waals surface area contributed by atoms with Crippen molar-refractivity contribution < 1.29 is 9.53 Å². The molecule has 1 heterocycles. The monoisotopic (exact) mass is 250 g/mol. The summed E-state index contributed by atoms with van der Waals surface area (Å²) in [5.41, 5.74) is 0. The van der Waals surface area contributed by atoms with Crippen LogP contribution in [0.15, 0.2) is 0 Å². The van der Waals surface area contributed by atoms with Gasteiger partial charge in [0.1, 0.15) is 6.61 Å². The standard InChI is InChI=1S/C11H22N2O2.ClH/c1-4-10(3)15-8-11(14)13-6-5-12-9(2)7-13;/h9-10,12H,4-8H2,1-3H3;1H/t9-,10?;/m1./s1. The second-order valence-corrected chi connectivity index (χ2v) is 4.22. The summed E-state index contributed by atoms with van der Waals surface area (Å²) in [6, 6.07) is 0.395. The molecule has 1 N–H and O–H groups in total. The minimum atomic E-state index is 0. The molecule has 0 aromatic heterocycles. The molecule has 1 aliphatic heterocycles. The van der Waals surface area contributed by atoms with Crippen molar-refractivity contribution >= 4 is 18.3 Å². The lowest BCUT2D eigenvalue weighted by atomic mass is 10.2. The molecule has 1 rings (SSSR count). The highest BCUT2D eigenvalue weighted by atomic mass is 35.5. The van der Waals surface area contributed by atoms with E-state index in [1.54, 1.807) is 0 Å². The topological polar surface area (TPSA) is 41.6 Å². The maximum atomic E-state index is 11.7. The predicted molar refractivity (Wildman–Crippen MR) is 67.0 cm³/mol. The largest absolute Gasteiger partial charge is 0.369 e. The summed E-state index contributed by atoms with van der Waals surface area (Å²) in [4.78, 5) is 13.6. The Balaban J connectivity index is 0.00000225. The third-order valence-electron chi connectivity index (χ3n) is 2.79. The van der Waals surface area contributed by atoms with Crippen molar-refractivity contribution in [3.63, 3.8) is 0 Å². The van der Waals surface area contributed by atoms with Crippen LogP contribution in [0.4, 0.5) is 0 Å². The van der Waals surface area contributed by atoms with E-state index in [0.29, 0.717) is 6.04 Å². The van der Waals surface area contributed by atoms with Crippen molar-refractivity contribution in [1.82, 2.24) is 10.2 Å². The van der Waals surface area contributed by atoms with Crippen LogP contribution in [-0.4, -0.2) is 49.2 Å². The van der Waals surface area contributed by atoms with E-state index in [1.807, 2.05) is 11.8 Å². The molecule has 1 saturated heterocycles. The van der Waals surface area contributed by atoms with Gasteiger partial charge in [-0.15, -0.1) is 12.4 Å². The first-order valence-corrected chi connectivity index (χ1v) is 5.76. The number of rotatable bonds is 4. The number of hydrogen-bond donors (Lipinski definition) is 1. The summed E-state index contributed by atoms with van der Waals surface area (Å²) in [5.74, 6) is 0.114. The second-order valence-electron chi connectivity index (χ2n) is 4.22. The number of carbonyl (C=O) groups is 1. The van der Waals surface area contributed by atoms with E-state index < -0.39 is 0 Å². The van der Waals surface area contributed by atoms with Crippen LogP contribution in [0, 0.1) is 0 Å². The molecule has 0 spiro atoms. The Bertz CT molecular complexity index is 214. The van der Waals surface area contributed by atoms with Gasteiger partial charge in [-0.2, -0.15) is 0 Å². The number of ether oxygens (including phenoxy) is 1. The van der Waals surface area contributed by atoms with Crippen LogP contribution in [0.2, 0.25) is 0 Å². The van der Waals surface area contributed by atoms with Crippen LogP contribution in [0.5, 0.6) is 0 Å². The third kappa shape index (κ3) is 5.14. The van der Waals surface area contributed by atoms with Crippen LogP contribution in [0.25, 0.3) is 0 Å². The van der Waals surface area contributed by atoms with Gasteiger partial charge in [0.2, 0.25) is 5.91 Å². The van der Waals surface area contributed by atoms with E-state index in [4.69, 9.17) is 4.74 Å². The van der Waals surface area contributed by atoms with Gasteiger partial charge in [0.05, 0.1) is 6.10 Å². The van der Waals surface area contributed by atoms with Crippen LogP contribution in [0.1, 0.15) is 27.2 Å². The van der Waals surface area contributed by atoms with Gasteiger partial charge in [0.25, 0.3) is 0 Å². The molecule has 4 nitrogen and oxygen atoms in total. The first-order chi connectivity index (χ1) is 7.13. The molecule has 0 radical (unpaired) electrons. The molecular weight excluding hydrogens is 228 g/mol. The van der Waals surface area contributed by atoms with Crippen LogP contribution in [0.3, 0.4) is 0 Å². The smallest absolute Gasteiger partial charge is 0.248 e. The Morgan fingerprint density at radius 1 is 1.62 bits per heavy atom. The molecule has 1 fully saturated rings. The molecule has 0 bridgehead atoms. The summed E-state index contributed by atoms with van der Waals surface area (Å²) in [5, 5.41) is 3.31. The van der Waals surface area contributed by atoms with Gasteiger partial charge in [-0.25, -0.2) is 0 Å². The number of halogens is 1. The van der Waals surface area contributed by atoms with Gasteiger partial charge >= 0.3 is 0 Å². The van der Waals surface area contributed by atoms with Crippen molar-refractivity contribution in [3.05, 3.63) is 0 Å². The second kappa shape index (κ2) is 7.87. The molecule has 1 unspecified atom stereocenters. The third-order valence-corrected chi connectivity index (χ3v) is 2.79. The van der Waals surface area contributed by atoms with E-state index >= 15 is 0 Å². The quantitative estimate of drug-likeness (QED) is 0.811. The molecular formula is C11H23ClN2O2. The van der Waals surface area contributed by atoms with E-state index in [0.717, 1.165) is 26.1 Å². The van der Waals surface area contributed by atoms with Crippen molar-refractivity contribution in [1.29, 1.82) is 0 Å². The molecule has 0 saturated carbocycles. The highest BCUT2D eigenvalue weighted by Gasteiger charge is 2.20. The number of nitrogens with one attached hydrogen (secondary N) is 1. The zero-order chi connectivity index (χ0) is 11.3. The molecule has 0 aromatic carbocycles. The van der Waals surface area contributed by atoms with E-state index in [2.05, 4.69) is 19.2 Å². The van der Waals surface area contributed by atoms with Gasteiger partial charge < -0.3 is 15.0 Å². The van der Waals surface area contributed by atoms with Crippen LogP contribution in [-0.2, 0) is 9.53 Å². The maximum absolute atomic E-state index is 11.7. The summed E-state index contributed by atoms with van der Waals surface area (Å²) in [7, 11) is 0. The highest BCUT2D eigenvalue weighted by molar-refractivity contribution is 5.85. The van der Waals surface area contributed by atoms with Crippen molar-refractivity contribution in [2.45, 2.75) is 39.3 Å². The molecule has 2 atom stereocenters. The summed E-state index contributed by atoms with van der Waals surface area (Å²) < 4.78 is 5.43. The minimum Gasteiger partial charge on any atom is -0.369 e. The predicted octanol–water partition coefficient (Wildman–Crippen LogP) is 1.04. The maximum Gasteiger partial charge on any atom is 0.248 e. The number of piperazine rings is 1. The van der Waals surface area contributed by atoms with Gasteiger partial charge in [-0.3, -0.25) is 4.79 Å². The number of hydrogen-bond acceptors (Lipinski definition) is 3. The first kappa shape index (κ1) is 15.7. The Hall–Kier alpha value is -0.320. The lowest BCUT2D eigenvalue weighted by molar-refractivity contribution is -0.139. The summed E-state index contributed by atoms with van der Waals surface area (Å²) >= 11 is 0. The fourth-order valence-corrected chi connectivity index (χ4v) is 1.58. The van der Waals surface area contributed by atoms with Gasteiger partial charge in [0, 0.05) is 25.7 Å². The average Bonchev–Trinajstić information content (AvgIpc) is 2.25. The summed E-state index contributed by atoms with van der Waals surface area (Å²) in [6.07, 6.45) is 1.12. The van der Waals surface area contributed by atoms with E-state index in [9.17, 15) is 4.79 Å². The van der Waals surface area contributed by atoms with Gasteiger partial charge in [-0.1, -0.05) is 6.92 Å². The minimum absolute atomic E-state index is 0. The van der Waals surface area contributed by atoms with E-state index in [-0.39, 0.29) is 31.0 Å². The Kier molecular flexibility index (Phi) is 7.72. The fraction of sp³-hybridized carbons (Fsp3) is 0.909. The molecule has 96 valence electrons. The SMILES string of the molecule is CCC(C)OCC(=O)N1CCN[C@H](C)C1.Cl. The fourth-order valence-electron chi connectivity index (χ4n) is 1.58. The Labute approximate surface area is 104 Å². The average molecular weight is 251 g/mol. The lowest BCUT2D eigenvalue weighted by Gasteiger charge is -2.32. The Morgan fingerprint density at radius 3 is 2.88 bits per heavy atom. The molecule has 0 aromatic rings. The molecule has 16 heavy (non-hydrogen) atoms. The Morgan fingerprint density at radius 2 is 2.31 bits per heavy atom. The van der Waals surface area contributed by atoms with Crippen LogP contribution >= 0.6 is 12.4 Å². The van der Waals surface area contributed by atoms with E-state index in [1.165, 1.54) is 0 Å². The zero-order valence-corrected chi connectivity index (χ0v) is 11.2. The van der Waals surface area contributed by atoms with Crippen molar-refractivity contribution in [3.8, 4) is 0 Å². The van der Waals surface area contributed by atoms with Gasteiger partial charge in [-0.05, 0) is 20.3 Å². The van der Waals surface area contributed by atoms with Crippen molar-refractivity contribution in [2.24, 2.45) is 0 Å². The molecule has 0 aliphatic carbocycles. The highest BCUT2D eigenvalue weighted by Crippen LogP contribution is 2.01. The molecule has 1 aliphatic rings. The molecule has 1 amide bonds. The first-order valence-electron chi connectivity index (χ1n) is 5.76. The zero-order valence-electron chi connectivity index (χ0n) is 10.4. The number of carbonyl (C=O) groups excluding carboxylic acids is 1. The van der Waals surface area contributed by atoms with Crippen LogP contribution < -0.4 is 5.32 Å². The summed E-state index contributed by atoms with van der Waals surface area (Å²) in [6.45, 7) is 8.85. The van der Waals surface area contributed by atoms with Crippen molar-refractivity contribution in [2.75, 3.05) is 26.2 Å². The molecule has 5 heteroatoms. The number of amides is 1. The lowest BCUT2D eigenvalue weighted by Crippen LogP contribution is -2.52. The van der Waals surface area contributed by atoms with Gasteiger partial charge in [0.15, 0.2) is 0 Å². The normalized spacial score (nSPS) is 22.4. The number of nitrogens with zero attached hydrogens (tertiary/aromatic N) is 1.